The van der Waals surface area contributed by atoms with Crippen LogP contribution in [0.15, 0.2) is 54.6 Å². The van der Waals surface area contributed by atoms with Crippen LogP contribution in [0.4, 0.5) is 0 Å². The number of hydrogen-bond donors (Lipinski definition) is 4. The largest absolute Gasteiger partial charge is 0.354 e. The molecule has 7 nitrogen and oxygen atoms in total. The van der Waals surface area contributed by atoms with Crippen molar-refractivity contribution in [3.63, 3.8) is 0 Å². The van der Waals surface area contributed by atoms with E-state index in [4.69, 9.17) is 5.73 Å². The maximum absolute atomic E-state index is 12.0. The lowest BCUT2D eigenvalue weighted by Crippen LogP contribution is -2.40. The zero-order valence-electron chi connectivity index (χ0n) is 15.0. The van der Waals surface area contributed by atoms with Crippen LogP contribution >= 0.6 is 0 Å². The van der Waals surface area contributed by atoms with Crippen LogP contribution in [0.3, 0.4) is 0 Å². The van der Waals surface area contributed by atoms with E-state index in [1.54, 1.807) is 24.3 Å². The van der Waals surface area contributed by atoms with E-state index < -0.39 is 0 Å². The molecule has 2 aromatic carbocycles. The van der Waals surface area contributed by atoms with Crippen LogP contribution in [0.1, 0.15) is 21.5 Å². The highest BCUT2D eigenvalue weighted by atomic mass is 16.2. The Morgan fingerprint density at radius 1 is 0.741 bits per heavy atom. The standard InChI is InChI=1S/C20H24N4O3/c21-13-16-6-8-17(9-7-16)20(27)24-14-19(26)23-11-10-22-18(25)12-15-4-2-1-3-5-15/h1-9H,10-14,21H2,(H,22,25)(H,23,26)(H,24,27). The number of hydrogen-bond acceptors (Lipinski definition) is 4. The van der Waals surface area contributed by atoms with E-state index >= 15 is 0 Å². The average Bonchev–Trinajstić information content (AvgIpc) is 2.70. The molecule has 0 fully saturated rings. The fourth-order valence-electron chi connectivity index (χ4n) is 2.36. The van der Waals surface area contributed by atoms with Gasteiger partial charge in [0.15, 0.2) is 0 Å². The third-order valence-corrected chi connectivity index (χ3v) is 3.84. The summed E-state index contributed by atoms with van der Waals surface area (Å²) in [4.78, 5) is 35.5. The summed E-state index contributed by atoms with van der Waals surface area (Å²) in [5.41, 5.74) is 7.84. The summed E-state index contributed by atoms with van der Waals surface area (Å²) in [6, 6.07) is 16.3. The molecule has 0 atom stereocenters. The van der Waals surface area contributed by atoms with Crippen LogP contribution in [0, 0.1) is 0 Å². The molecule has 0 unspecified atom stereocenters. The van der Waals surface area contributed by atoms with Gasteiger partial charge in [0.2, 0.25) is 11.8 Å². The molecule has 0 radical (unpaired) electrons. The molecular formula is C20H24N4O3. The quantitative estimate of drug-likeness (QED) is 0.478. The Labute approximate surface area is 158 Å². The predicted molar refractivity (Wildman–Crippen MR) is 103 cm³/mol. The summed E-state index contributed by atoms with van der Waals surface area (Å²) in [6.07, 6.45) is 0.299. The molecule has 2 rings (SSSR count). The maximum Gasteiger partial charge on any atom is 0.251 e. The van der Waals surface area contributed by atoms with E-state index in [9.17, 15) is 14.4 Å². The molecule has 0 saturated heterocycles. The monoisotopic (exact) mass is 368 g/mol. The summed E-state index contributed by atoms with van der Waals surface area (Å²) >= 11 is 0. The number of carbonyl (C=O) groups is 3. The van der Waals surface area contributed by atoms with Gasteiger partial charge in [0.25, 0.3) is 5.91 Å². The SMILES string of the molecule is NCc1ccc(C(=O)NCC(=O)NCCNC(=O)Cc2ccccc2)cc1. The van der Waals surface area contributed by atoms with E-state index in [1.165, 1.54) is 0 Å². The van der Waals surface area contributed by atoms with Crippen molar-refractivity contribution in [2.45, 2.75) is 13.0 Å². The van der Waals surface area contributed by atoms with Crippen molar-refractivity contribution in [1.82, 2.24) is 16.0 Å². The second-order valence-corrected chi connectivity index (χ2v) is 5.95. The van der Waals surface area contributed by atoms with Gasteiger partial charge in [0.05, 0.1) is 13.0 Å². The Kier molecular flexibility index (Phi) is 7.99. The van der Waals surface area contributed by atoms with Crippen LogP contribution in [-0.2, 0) is 22.6 Å². The molecule has 5 N–H and O–H groups in total. The minimum Gasteiger partial charge on any atom is -0.354 e. The normalized spacial score (nSPS) is 10.1. The zero-order valence-corrected chi connectivity index (χ0v) is 15.0. The first kappa shape index (κ1) is 20.1. The van der Waals surface area contributed by atoms with Crippen molar-refractivity contribution in [2.75, 3.05) is 19.6 Å². The average molecular weight is 368 g/mol. The first-order chi connectivity index (χ1) is 13.1. The molecule has 0 bridgehead atoms. The summed E-state index contributed by atoms with van der Waals surface area (Å²) in [6.45, 7) is 0.897. The number of amides is 3. The fourth-order valence-corrected chi connectivity index (χ4v) is 2.36. The van der Waals surface area contributed by atoms with Gasteiger partial charge in [-0.25, -0.2) is 0 Å². The molecule has 0 aliphatic rings. The Morgan fingerprint density at radius 3 is 2.00 bits per heavy atom. The molecule has 0 aromatic heterocycles. The van der Waals surface area contributed by atoms with E-state index in [0.29, 0.717) is 31.6 Å². The molecule has 0 heterocycles. The molecule has 3 amide bonds. The zero-order chi connectivity index (χ0) is 19.5. The topological polar surface area (TPSA) is 113 Å². The second kappa shape index (κ2) is 10.7. The van der Waals surface area contributed by atoms with Gasteiger partial charge in [-0.05, 0) is 23.3 Å². The first-order valence-corrected chi connectivity index (χ1v) is 8.73. The molecule has 142 valence electrons. The highest BCUT2D eigenvalue weighted by Gasteiger charge is 2.08. The summed E-state index contributed by atoms with van der Waals surface area (Å²) in [7, 11) is 0. The van der Waals surface area contributed by atoms with Crippen molar-refractivity contribution in [2.24, 2.45) is 5.73 Å². The summed E-state index contributed by atoms with van der Waals surface area (Å²) < 4.78 is 0. The van der Waals surface area contributed by atoms with Crippen LogP contribution in [0.5, 0.6) is 0 Å². The molecule has 0 aliphatic heterocycles. The lowest BCUT2D eigenvalue weighted by Gasteiger charge is -2.08. The van der Waals surface area contributed by atoms with E-state index in [1.807, 2.05) is 30.3 Å². The van der Waals surface area contributed by atoms with Gasteiger partial charge in [0, 0.05) is 25.2 Å². The van der Waals surface area contributed by atoms with Crippen molar-refractivity contribution >= 4 is 17.7 Å². The van der Waals surface area contributed by atoms with Crippen molar-refractivity contribution in [1.29, 1.82) is 0 Å². The van der Waals surface area contributed by atoms with Gasteiger partial charge in [0.1, 0.15) is 0 Å². The molecular weight excluding hydrogens is 344 g/mol. The molecule has 0 spiro atoms. The lowest BCUT2D eigenvalue weighted by molar-refractivity contribution is -0.122. The van der Waals surface area contributed by atoms with Crippen molar-refractivity contribution in [3.05, 3.63) is 71.3 Å². The highest BCUT2D eigenvalue weighted by molar-refractivity contribution is 5.96. The van der Waals surface area contributed by atoms with E-state index in [2.05, 4.69) is 16.0 Å². The van der Waals surface area contributed by atoms with E-state index in [-0.39, 0.29) is 24.3 Å². The number of benzene rings is 2. The third kappa shape index (κ3) is 7.29. The highest BCUT2D eigenvalue weighted by Crippen LogP contribution is 2.03. The van der Waals surface area contributed by atoms with Crippen LogP contribution in [0.2, 0.25) is 0 Å². The smallest absolute Gasteiger partial charge is 0.251 e. The van der Waals surface area contributed by atoms with Crippen LogP contribution < -0.4 is 21.7 Å². The Hall–Kier alpha value is -3.19. The fraction of sp³-hybridized carbons (Fsp3) is 0.250. The van der Waals surface area contributed by atoms with Crippen molar-refractivity contribution < 1.29 is 14.4 Å². The van der Waals surface area contributed by atoms with Gasteiger partial charge in [-0.3, -0.25) is 14.4 Å². The Bertz CT molecular complexity index is 761. The number of nitrogens with two attached hydrogens (primary N) is 1. The first-order valence-electron chi connectivity index (χ1n) is 8.73. The summed E-state index contributed by atoms with van der Waals surface area (Å²) in [5, 5.41) is 7.93. The van der Waals surface area contributed by atoms with Gasteiger partial charge in [-0.2, -0.15) is 0 Å². The number of carbonyl (C=O) groups excluding carboxylic acids is 3. The van der Waals surface area contributed by atoms with Gasteiger partial charge in [-0.1, -0.05) is 42.5 Å². The second-order valence-electron chi connectivity index (χ2n) is 5.95. The molecule has 2 aromatic rings. The van der Waals surface area contributed by atoms with Gasteiger partial charge < -0.3 is 21.7 Å². The van der Waals surface area contributed by atoms with Crippen LogP contribution in [-0.4, -0.2) is 37.4 Å². The predicted octanol–water partition coefficient (Wildman–Crippen LogP) is 0.350. The van der Waals surface area contributed by atoms with Crippen molar-refractivity contribution in [3.8, 4) is 0 Å². The molecule has 0 saturated carbocycles. The van der Waals surface area contributed by atoms with Crippen LogP contribution in [0.25, 0.3) is 0 Å². The molecule has 27 heavy (non-hydrogen) atoms. The van der Waals surface area contributed by atoms with Gasteiger partial charge >= 0.3 is 0 Å². The minimum absolute atomic E-state index is 0.107. The maximum atomic E-state index is 12.0. The third-order valence-electron chi connectivity index (χ3n) is 3.84. The number of rotatable bonds is 9. The van der Waals surface area contributed by atoms with E-state index in [0.717, 1.165) is 11.1 Å². The lowest BCUT2D eigenvalue weighted by atomic mass is 10.1. The number of nitrogens with one attached hydrogen (secondary N) is 3. The summed E-state index contributed by atoms with van der Waals surface area (Å²) in [5.74, 6) is -0.756. The molecule has 7 heteroatoms. The minimum atomic E-state index is -0.329. The van der Waals surface area contributed by atoms with Gasteiger partial charge in [-0.15, -0.1) is 0 Å². The Balaban J connectivity index is 1.60. The Morgan fingerprint density at radius 2 is 1.37 bits per heavy atom. The molecule has 0 aliphatic carbocycles.